The number of amides is 1. The van der Waals surface area contributed by atoms with Crippen LogP contribution in [0.2, 0.25) is 0 Å². The predicted octanol–water partition coefficient (Wildman–Crippen LogP) is 1.42. The molecule has 0 aromatic carbocycles. The van der Waals surface area contributed by atoms with Crippen molar-refractivity contribution in [3.63, 3.8) is 0 Å². The Balaban J connectivity index is 1.67. The minimum absolute atomic E-state index is 0.0404. The second-order valence-corrected chi connectivity index (χ2v) is 5.97. The fourth-order valence-corrected chi connectivity index (χ4v) is 2.99. The van der Waals surface area contributed by atoms with Crippen LogP contribution in [-0.2, 0) is 9.53 Å². The van der Waals surface area contributed by atoms with Crippen molar-refractivity contribution < 1.29 is 18.3 Å². The first-order valence-electron chi connectivity index (χ1n) is 7.88. The highest BCUT2D eigenvalue weighted by molar-refractivity contribution is 5.82. The average Bonchev–Trinajstić information content (AvgIpc) is 2.61. The van der Waals surface area contributed by atoms with Crippen LogP contribution >= 0.6 is 0 Å². The first-order chi connectivity index (χ1) is 11.5. The Labute approximate surface area is 138 Å². The molecule has 8 heteroatoms. The van der Waals surface area contributed by atoms with Crippen molar-refractivity contribution in [2.45, 2.75) is 24.9 Å². The molecule has 1 aromatic heterocycles. The van der Waals surface area contributed by atoms with Gasteiger partial charge >= 0.3 is 0 Å². The van der Waals surface area contributed by atoms with Gasteiger partial charge in [-0.25, -0.2) is 13.8 Å². The molecule has 3 rings (SSSR count). The summed E-state index contributed by atoms with van der Waals surface area (Å²) >= 11 is 0. The number of anilines is 1. The van der Waals surface area contributed by atoms with Crippen LogP contribution in [0.5, 0.6) is 0 Å². The Bertz CT molecular complexity index is 652. The Morgan fingerprint density at radius 2 is 2.12 bits per heavy atom. The number of alkyl halides is 2. The van der Waals surface area contributed by atoms with Crippen LogP contribution < -0.4 is 4.90 Å². The lowest BCUT2D eigenvalue weighted by molar-refractivity contribution is -0.150. The number of morpholine rings is 1. The fraction of sp³-hybridized carbons (Fsp3) is 0.562. The van der Waals surface area contributed by atoms with Crippen molar-refractivity contribution in [3.8, 4) is 6.07 Å². The summed E-state index contributed by atoms with van der Waals surface area (Å²) in [5, 5.41) is 9.18. The van der Waals surface area contributed by atoms with Crippen LogP contribution in [0.25, 0.3) is 0 Å². The molecular formula is C16H18F2N4O2. The Kier molecular flexibility index (Phi) is 4.62. The lowest BCUT2D eigenvalue weighted by Gasteiger charge is -2.38. The van der Waals surface area contributed by atoms with E-state index < -0.39 is 12.0 Å². The molecule has 0 aliphatic carbocycles. The van der Waals surface area contributed by atoms with Crippen molar-refractivity contribution in [2.75, 3.05) is 37.7 Å². The molecule has 1 aromatic rings. The van der Waals surface area contributed by atoms with E-state index in [9.17, 15) is 18.8 Å². The summed E-state index contributed by atoms with van der Waals surface area (Å²) in [4.78, 5) is 20.0. The van der Waals surface area contributed by atoms with Gasteiger partial charge in [0.2, 0.25) is 0 Å². The molecular weight excluding hydrogens is 318 g/mol. The van der Waals surface area contributed by atoms with E-state index >= 15 is 0 Å². The number of nitriles is 1. The maximum Gasteiger partial charge on any atom is 0.253 e. The Morgan fingerprint density at radius 1 is 1.38 bits per heavy atom. The lowest BCUT2D eigenvalue weighted by Crippen LogP contribution is -2.53. The van der Waals surface area contributed by atoms with E-state index in [1.54, 1.807) is 18.3 Å². The van der Waals surface area contributed by atoms with Crippen LogP contribution in [-0.4, -0.2) is 60.6 Å². The summed E-state index contributed by atoms with van der Waals surface area (Å²) < 4.78 is 32.0. The van der Waals surface area contributed by atoms with Gasteiger partial charge in [0.15, 0.2) is 6.10 Å². The van der Waals surface area contributed by atoms with E-state index in [4.69, 9.17) is 4.74 Å². The van der Waals surface area contributed by atoms with E-state index in [0.717, 1.165) is 0 Å². The molecule has 1 amide bonds. The second kappa shape index (κ2) is 6.69. The second-order valence-electron chi connectivity index (χ2n) is 5.97. The highest BCUT2D eigenvalue weighted by atomic mass is 19.3. The third-order valence-corrected chi connectivity index (χ3v) is 4.36. The molecule has 6 nitrogen and oxygen atoms in total. The number of carbonyl (C=O) groups excluding carboxylic acids is 1. The van der Waals surface area contributed by atoms with Gasteiger partial charge in [-0.15, -0.1) is 0 Å². The smallest absolute Gasteiger partial charge is 0.253 e. The largest absolute Gasteiger partial charge is 0.365 e. The summed E-state index contributed by atoms with van der Waals surface area (Å²) in [6.07, 6.45) is 0.246. The molecule has 2 aliphatic heterocycles. The van der Waals surface area contributed by atoms with E-state index in [-0.39, 0.29) is 38.4 Å². The molecule has 0 radical (unpaired) electrons. The number of likely N-dealkylation sites (tertiary alicyclic amines) is 1. The molecule has 2 saturated heterocycles. The molecule has 0 bridgehead atoms. The number of ether oxygens (including phenoxy) is 1. The minimum atomic E-state index is -2.69. The molecule has 24 heavy (non-hydrogen) atoms. The quantitative estimate of drug-likeness (QED) is 0.817. The highest BCUT2D eigenvalue weighted by Gasteiger charge is 2.38. The van der Waals surface area contributed by atoms with Crippen LogP contribution in [0.3, 0.4) is 0 Å². The van der Waals surface area contributed by atoms with E-state index in [1.807, 2.05) is 4.90 Å². The first-order valence-corrected chi connectivity index (χ1v) is 7.88. The maximum absolute atomic E-state index is 13.2. The van der Waals surface area contributed by atoms with Crippen molar-refractivity contribution in [1.29, 1.82) is 5.26 Å². The number of aromatic nitrogens is 1. The predicted molar refractivity (Wildman–Crippen MR) is 81.7 cm³/mol. The van der Waals surface area contributed by atoms with Gasteiger partial charge in [-0.2, -0.15) is 5.26 Å². The molecule has 0 saturated carbocycles. The SMILES string of the molecule is N#Cc1cccnc1N1CCOC(C(=O)N2CCC(F)(F)CC2)C1. The standard InChI is InChI=1S/C16H18F2N4O2/c17-16(18)3-6-21(7-4-16)15(23)13-11-22(8-9-24-13)14-12(10-19)2-1-5-20-14/h1-2,5,13H,3-4,6-9,11H2. The molecule has 0 spiro atoms. The van der Waals surface area contributed by atoms with Crippen molar-refractivity contribution in [3.05, 3.63) is 23.9 Å². The van der Waals surface area contributed by atoms with Crippen LogP contribution in [0, 0.1) is 11.3 Å². The summed E-state index contributed by atoms with van der Waals surface area (Å²) in [6.45, 7) is 1.18. The van der Waals surface area contributed by atoms with Gasteiger partial charge in [0.05, 0.1) is 18.7 Å². The minimum Gasteiger partial charge on any atom is -0.365 e. The molecule has 0 N–H and O–H groups in total. The zero-order chi connectivity index (χ0) is 17.2. The van der Waals surface area contributed by atoms with Crippen molar-refractivity contribution in [2.24, 2.45) is 0 Å². The lowest BCUT2D eigenvalue weighted by atomic mass is 10.1. The van der Waals surface area contributed by atoms with E-state index in [2.05, 4.69) is 11.1 Å². The molecule has 3 heterocycles. The summed E-state index contributed by atoms with van der Waals surface area (Å²) in [6, 6.07) is 5.43. The van der Waals surface area contributed by atoms with E-state index in [1.165, 1.54) is 4.90 Å². The Hall–Kier alpha value is -2.27. The van der Waals surface area contributed by atoms with Gasteiger partial charge in [0, 0.05) is 38.7 Å². The van der Waals surface area contributed by atoms with Gasteiger partial charge in [0.1, 0.15) is 11.9 Å². The number of piperidine rings is 1. The third-order valence-electron chi connectivity index (χ3n) is 4.36. The number of rotatable bonds is 2. The maximum atomic E-state index is 13.2. The molecule has 2 aliphatic rings. The average molecular weight is 336 g/mol. The normalized spacial score (nSPS) is 23.6. The van der Waals surface area contributed by atoms with Crippen LogP contribution in [0.4, 0.5) is 14.6 Å². The number of hydrogen-bond acceptors (Lipinski definition) is 5. The van der Waals surface area contributed by atoms with Gasteiger partial charge in [0.25, 0.3) is 11.8 Å². The molecule has 2 fully saturated rings. The number of carbonyl (C=O) groups is 1. The molecule has 128 valence electrons. The summed E-state index contributed by atoms with van der Waals surface area (Å²) in [5.41, 5.74) is 0.434. The number of nitrogens with zero attached hydrogens (tertiary/aromatic N) is 4. The van der Waals surface area contributed by atoms with Gasteiger partial charge in [-0.05, 0) is 12.1 Å². The van der Waals surface area contributed by atoms with E-state index in [0.29, 0.717) is 24.5 Å². The van der Waals surface area contributed by atoms with Gasteiger partial charge in [-0.1, -0.05) is 0 Å². The zero-order valence-electron chi connectivity index (χ0n) is 13.1. The molecule has 1 unspecified atom stereocenters. The van der Waals surface area contributed by atoms with Gasteiger partial charge in [-0.3, -0.25) is 4.79 Å². The van der Waals surface area contributed by atoms with Crippen LogP contribution in [0.15, 0.2) is 18.3 Å². The van der Waals surface area contributed by atoms with Crippen molar-refractivity contribution in [1.82, 2.24) is 9.88 Å². The number of hydrogen-bond donors (Lipinski definition) is 0. The fourth-order valence-electron chi connectivity index (χ4n) is 2.99. The van der Waals surface area contributed by atoms with Crippen molar-refractivity contribution >= 4 is 11.7 Å². The zero-order valence-corrected chi connectivity index (χ0v) is 13.1. The summed E-state index contributed by atoms with van der Waals surface area (Å²) in [5.74, 6) is -2.44. The number of halogens is 2. The van der Waals surface area contributed by atoms with Gasteiger partial charge < -0.3 is 14.5 Å². The highest BCUT2D eigenvalue weighted by Crippen LogP contribution is 2.28. The van der Waals surface area contributed by atoms with Crippen LogP contribution in [0.1, 0.15) is 18.4 Å². The Morgan fingerprint density at radius 3 is 2.83 bits per heavy atom. The summed E-state index contributed by atoms with van der Waals surface area (Å²) in [7, 11) is 0. The third kappa shape index (κ3) is 3.46. The number of pyridine rings is 1. The first kappa shape index (κ1) is 16.6. The molecule has 1 atom stereocenters. The topological polar surface area (TPSA) is 69.5 Å². The monoisotopic (exact) mass is 336 g/mol.